The molecule has 0 spiro atoms. The molecule has 1 aliphatic rings. The number of nitrogens with zero attached hydrogens (tertiary/aromatic N) is 1. The lowest BCUT2D eigenvalue weighted by Gasteiger charge is -2.31. The van der Waals surface area contributed by atoms with Crippen molar-refractivity contribution in [2.24, 2.45) is 5.92 Å². The highest BCUT2D eigenvalue weighted by Gasteiger charge is 2.29. The number of ketones is 1. The van der Waals surface area contributed by atoms with Gasteiger partial charge in [-0.25, -0.2) is 0 Å². The van der Waals surface area contributed by atoms with Crippen LogP contribution in [0.3, 0.4) is 0 Å². The predicted molar refractivity (Wildman–Crippen MR) is 114 cm³/mol. The van der Waals surface area contributed by atoms with Crippen LogP contribution in [0.25, 0.3) is 10.9 Å². The number of likely N-dealkylation sites (tertiary alicyclic amines) is 1. The van der Waals surface area contributed by atoms with Gasteiger partial charge in [-0.2, -0.15) is 0 Å². The van der Waals surface area contributed by atoms with Crippen LogP contribution in [0.5, 0.6) is 5.75 Å². The molecule has 1 aliphatic heterocycles. The van der Waals surface area contributed by atoms with Crippen LogP contribution >= 0.6 is 0 Å². The lowest BCUT2D eigenvalue weighted by atomic mass is 9.88. The number of nitrogens with one attached hydrogen (secondary N) is 1. The molecule has 29 heavy (non-hydrogen) atoms. The molecule has 1 N–H and O–H groups in total. The monoisotopic (exact) mass is 390 g/mol. The third kappa shape index (κ3) is 4.04. The first kappa shape index (κ1) is 19.2. The summed E-state index contributed by atoms with van der Waals surface area (Å²) in [6.07, 6.45) is 1.40. The van der Waals surface area contributed by atoms with Crippen LogP contribution in [0, 0.1) is 12.8 Å². The molecule has 2 heterocycles. The van der Waals surface area contributed by atoms with Crippen molar-refractivity contribution in [2.45, 2.75) is 26.7 Å². The fourth-order valence-electron chi connectivity index (χ4n) is 3.95. The average Bonchev–Trinajstić information content (AvgIpc) is 3.17. The van der Waals surface area contributed by atoms with Gasteiger partial charge in [0.15, 0.2) is 5.78 Å². The van der Waals surface area contributed by atoms with Crippen molar-refractivity contribution < 1.29 is 14.3 Å². The largest absolute Gasteiger partial charge is 0.494 e. The summed E-state index contributed by atoms with van der Waals surface area (Å²) in [7, 11) is 0. The van der Waals surface area contributed by atoms with E-state index in [1.54, 1.807) is 0 Å². The fourth-order valence-corrected chi connectivity index (χ4v) is 3.95. The second kappa shape index (κ2) is 8.11. The third-order valence-corrected chi connectivity index (χ3v) is 5.62. The van der Waals surface area contributed by atoms with Gasteiger partial charge in [0.2, 0.25) is 0 Å². The molecule has 1 amide bonds. The van der Waals surface area contributed by atoms with Gasteiger partial charge in [-0.05, 0) is 44.9 Å². The lowest BCUT2D eigenvalue weighted by Crippen LogP contribution is -2.40. The first-order valence-corrected chi connectivity index (χ1v) is 10.2. The van der Waals surface area contributed by atoms with Gasteiger partial charge in [0, 0.05) is 41.5 Å². The normalized spacial score (nSPS) is 14.9. The minimum Gasteiger partial charge on any atom is -0.494 e. The van der Waals surface area contributed by atoms with E-state index < -0.39 is 0 Å². The Morgan fingerprint density at radius 1 is 1.07 bits per heavy atom. The molecule has 5 heteroatoms. The smallest absolute Gasteiger partial charge is 0.270 e. The maximum absolute atomic E-state index is 12.9. The van der Waals surface area contributed by atoms with Gasteiger partial charge in [0.25, 0.3) is 5.91 Å². The third-order valence-electron chi connectivity index (χ3n) is 5.62. The number of rotatable bonds is 5. The van der Waals surface area contributed by atoms with E-state index in [9.17, 15) is 9.59 Å². The maximum atomic E-state index is 12.9. The topological polar surface area (TPSA) is 62.4 Å². The van der Waals surface area contributed by atoms with Gasteiger partial charge in [-0.1, -0.05) is 29.8 Å². The minimum absolute atomic E-state index is 0.0135. The summed E-state index contributed by atoms with van der Waals surface area (Å²) < 4.78 is 5.53. The number of aryl methyl sites for hydroxylation is 1. The van der Waals surface area contributed by atoms with Crippen LogP contribution in [-0.2, 0) is 0 Å². The second-order valence-electron chi connectivity index (χ2n) is 7.66. The molecular formula is C24H26N2O3. The lowest BCUT2D eigenvalue weighted by molar-refractivity contribution is 0.0646. The van der Waals surface area contributed by atoms with Gasteiger partial charge < -0.3 is 14.6 Å². The number of carbonyl (C=O) groups is 2. The Morgan fingerprint density at radius 3 is 2.48 bits per heavy atom. The van der Waals surface area contributed by atoms with Crippen molar-refractivity contribution in [3.63, 3.8) is 0 Å². The number of Topliss-reactive ketones (excluding diaryl/α,β-unsaturated/α-hetero) is 1. The predicted octanol–water partition coefficient (Wildman–Crippen LogP) is 4.61. The Kier molecular flexibility index (Phi) is 5.38. The number of hydrogen-bond donors (Lipinski definition) is 1. The number of aromatic nitrogens is 1. The summed E-state index contributed by atoms with van der Waals surface area (Å²) in [4.78, 5) is 30.7. The average molecular weight is 390 g/mol. The van der Waals surface area contributed by atoms with Crippen LogP contribution in [0.1, 0.15) is 46.2 Å². The van der Waals surface area contributed by atoms with Crippen molar-refractivity contribution >= 4 is 22.6 Å². The van der Waals surface area contributed by atoms with Gasteiger partial charge in [-0.3, -0.25) is 9.59 Å². The Hall–Kier alpha value is -3.08. The highest BCUT2D eigenvalue weighted by Crippen LogP contribution is 2.25. The van der Waals surface area contributed by atoms with E-state index in [2.05, 4.69) is 4.98 Å². The standard InChI is InChI=1S/C24H26N2O3/c1-3-29-20-9-8-19-14-22(25-21(19)15-20)24(28)26-12-10-18(11-13-26)23(27)17-6-4-16(2)5-7-17/h4-9,14-15,18,25H,3,10-13H2,1-2H3. The van der Waals surface area contributed by atoms with E-state index >= 15 is 0 Å². The van der Waals surface area contributed by atoms with E-state index in [-0.39, 0.29) is 17.6 Å². The van der Waals surface area contributed by atoms with E-state index in [0.717, 1.165) is 27.8 Å². The summed E-state index contributed by atoms with van der Waals surface area (Å²) in [6, 6.07) is 15.4. The zero-order valence-corrected chi connectivity index (χ0v) is 16.9. The highest BCUT2D eigenvalue weighted by atomic mass is 16.5. The van der Waals surface area contributed by atoms with Crippen LogP contribution < -0.4 is 4.74 Å². The Balaban J connectivity index is 1.41. The number of H-pyrrole nitrogens is 1. The summed E-state index contributed by atoms with van der Waals surface area (Å²) in [5.41, 5.74) is 3.38. The number of benzene rings is 2. The molecule has 0 aliphatic carbocycles. The van der Waals surface area contributed by atoms with Gasteiger partial charge in [0.05, 0.1) is 6.61 Å². The summed E-state index contributed by atoms with van der Waals surface area (Å²) in [5.74, 6) is 0.945. The molecule has 1 aromatic heterocycles. The number of fused-ring (bicyclic) bond motifs is 1. The number of ether oxygens (including phenoxy) is 1. The molecule has 4 rings (SSSR count). The second-order valence-corrected chi connectivity index (χ2v) is 7.66. The number of carbonyl (C=O) groups excluding carboxylic acids is 2. The number of amides is 1. The summed E-state index contributed by atoms with van der Waals surface area (Å²) in [5, 5.41) is 0.987. The molecule has 150 valence electrons. The molecule has 1 fully saturated rings. The van der Waals surface area contributed by atoms with Crippen molar-refractivity contribution in [3.05, 3.63) is 65.4 Å². The van der Waals surface area contributed by atoms with Crippen LogP contribution in [0.4, 0.5) is 0 Å². The molecule has 0 saturated carbocycles. The number of aromatic amines is 1. The van der Waals surface area contributed by atoms with Crippen molar-refractivity contribution in [3.8, 4) is 5.75 Å². The number of piperidine rings is 1. The van der Waals surface area contributed by atoms with Crippen LogP contribution in [-0.4, -0.2) is 41.3 Å². The summed E-state index contributed by atoms with van der Waals surface area (Å²) in [6.45, 7) is 5.76. The Bertz CT molecular complexity index is 1030. The molecule has 5 nitrogen and oxygen atoms in total. The molecule has 0 unspecified atom stereocenters. The molecule has 1 saturated heterocycles. The molecule has 3 aromatic rings. The van der Waals surface area contributed by atoms with Crippen molar-refractivity contribution in [2.75, 3.05) is 19.7 Å². The molecule has 0 radical (unpaired) electrons. The van der Waals surface area contributed by atoms with Crippen LogP contribution in [0.15, 0.2) is 48.5 Å². The molecule has 0 atom stereocenters. The first-order valence-electron chi connectivity index (χ1n) is 10.2. The zero-order chi connectivity index (χ0) is 20.4. The molecule has 2 aromatic carbocycles. The van der Waals surface area contributed by atoms with E-state index in [1.807, 2.05) is 67.3 Å². The van der Waals surface area contributed by atoms with Gasteiger partial charge in [0.1, 0.15) is 11.4 Å². The van der Waals surface area contributed by atoms with Crippen LogP contribution in [0.2, 0.25) is 0 Å². The molecule has 0 bridgehead atoms. The van der Waals surface area contributed by atoms with Crippen molar-refractivity contribution in [1.29, 1.82) is 0 Å². The van der Waals surface area contributed by atoms with E-state index in [1.165, 1.54) is 0 Å². The molecular weight excluding hydrogens is 364 g/mol. The fraction of sp³-hybridized carbons (Fsp3) is 0.333. The Morgan fingerprint density at radius 2 is 1.79 bits per heavy atom. The SMILES string of the molecule is CCOc1ccc2cc(C(=O)N3CCC(C(=O)c4ccc(C)cc4)CC3)[nH]c2c1. The highest BCUT2D eigenvalue weighted by molar-refractivity contribution is 5.99. The first-order chi connectivity index (χ1) is 14.0. The van der Waals surface area contributed by atoms with Gasteiger partial charge in [-0.15, -0.1) is 0 Å². The minimum atomic E-state index is -0.0155. The quantitative estimate of drug-likeness (QED) is 0.647. The maximum Gasteiger partial charge on any atom is 0.270 e. The zero-order valence-electron chi connectivity index (χ0n) is 16.9. The Labute approximate surface area is 170 Å². The van der Waals surface area contributed by atoms with E-state index in [4.69, 9.17) is 4.74 Å². The van der Waals surface area contributed by atoms with Gasteiger partial charge >= 0.3 is 0 Å². The number of hydrogen-bond acceptors (Lipinski definition) is 3. The van der Waals surface area contributed by atoms with E-state index in [0.29, 0.717) is 38.2 Å². The van der Waals surface area contributed by atoms with Crippen molar-refractivity contribution in [1.82, 2.24) is 9.88 Å². The summed E-state index contributed by atoms with van der Waals surface area (Å²) >= 11 is 0.